The molecule has 3 rings (SSSR count). The predicted octanol–water partition coefficient (Wildman–Crippen LogP) is 5.04. The van der Waals surface area contributed by atoms with Crippen LogP contribution in [0.4, 0.5) is 13.2 Å². The van der Waals surface area contributed by atoms with Crippen LogP contribution in [0.2, 0.25) is 0 Å². The smallest absolute Gasteiger partial charge is 0.417 e. The van der Waals surface area contributed by atoms with Gasteiger partial charge in [-0.3, -0.25) is 0 Å². The molecule has 156 valence electrons. The van der Waals surface area contributed by atoms with E-state index in [4.69, 9.17) is 0 Å². The van der Waals surface area contributed by atoms with Gasteiger partial charge >= 0.3 is 11.8 Å². The Labute approximate surface area is 170 Å². The minimum absolute atomic E-state index is 0.0560. The van der Waals surface area contributed by atoms with Gasteiger partial charge in [0.25, 0.3) is 0 Å². The molecular formula is C20H19F3O4S2. The molecule has 0 fully saturated rings. The van der Waals surface area contributed by atoms with Gasteiger partial charge in [-0.15, -0.1) is 0 Å². The van der Waals surface area contributed by atoms with Crippen molar-refractivity contribution in [3.63, 3.8) is 0 Å². The van der Waals surface area contributed by atoms with Crippen LogP contribution in [-0.4, -0.2) is 19.9 Å². The van der Waals surface area contributed by atoms with Gasteiger partial charge in [0, 0.05) is 16.7 Å². The van der Waals surface area contributed by atoms with Crippen LogP contribution >= 0.6 is 11.8 Å². The molecule has 0 N–H and O–H groups in total. The molecule has 0 saturated heterocycles. The average molecular weight is 444 g/mol. The van der Waals surface area contributed by atoms with Crippen LogP contribution in [0.3, 0.4) is 0 Å². The Balaban J connectivity index is 2.13. The maximum absolute atomic E-state index is 13.2. The highest BCUT2D eigenvalue weighted by Crippen LogP contribution is 2.40. The quantitative estimate of drug-likeness (QED) is 0.661. The first-order valence-corrected chi connectivity index (χ1v) is 11.6. The van der Waals surface area contributed by atoms with Crippen molar-refractivity contribution in [3.05, 3.63) is 64.2 Å². The van der Waals surface area contributed by atoms with E-state index in [1.54, 1.807) is 43.3 Å². The summed E-state index contributed by atoms with van der Waals surface area (Å²) >= 11 is 1.03. The molecule has 9 heteroatoms. The maximum atomic E-state index is 13.2. The van der Waals surface area contributed by atoms with Gasteiger partial charge in [0.1, 0.15) is 4.90 Å². The molecule has 1 aromatic carbocycles. The first-order valence-electron chi connectivity index (χ1n) is 8.85. The van der Waals surface area contributed by atoms with Crippen LogP contribution in [0.1, 0.15) is 31.1 Å². The van der Waals surface area contributed by atoms with Crippen molar-refractivity contribution in [2.75, 3.05) is 6.26 Å². The van der Waals surface area contributed by atoms with Gasteiger partial charge in [-0.05, 0) is 42.5 Å². The molecule has 0 bridgehead atoms. The Kier molecular flexibility index (Phi) is 6.01. The number of sulfone groups is 1. The lowest BCUT2D eigenvalue weighted by atomic mass is 9.88. The van der Waals surface area contributed by atoms with Gasteiger partial charge < -0.3 is 4.42 Å². The number of benzene rings is 1. The molecule has 2 atom stereocenters. The van der Waals surface area contributed by atoms with Gasteiger partial charge in [0.2, 0.25) is 5.76 Å². The Hall–Kier alpha value is -2.00. The molecular weight excluding hydrogens is 425 g/mol. The average Bonchev–Trinajstić information content (AvgIpc) is 2.62. The number of allylic oxidation sites excluding steroid dienone is 2. The normalized spacial score (nSPS) is 20.4. The van der Waals surface area contributed by atoms with Crippen molar-refractivity contribution in [3.8, 4) is 0 Å². The summed E-state index contributed by atoms with van der Waals surface area (Å²) in [6.45, 7) is 1.71. The number of rotatable bonds is 4. The van der Waals surface area contributed by atoms with Crippen molar-refractivity contribution >= 4 is 27.2 Å². The van der Waals surface area contributed by atoms with Crippen molar-refractivity contribution in [1.82, 2.24) is 0 Å². The molecule has 0 spiro atoms. The number of halogens is 3. The van der Waals surface area contributed by atoms with E-state index in [-0.39, 0.29) is 29.2 Å². The van der Waals surface area contributed by atoms with Gasteiger partial charge in [-0.1, -0.05) is 43.0 Å². The third-order valence-electron chi connectivity index (χ3n) is 4.80. The van der Waals surface area contributed by atoms with E-state index in [2.05, 4.69) is 4.42 Å². The van der Waals surface area contributed by atoms with Crippen molar-refractivity contribution in [1.29, 1.82) is 0 Å². The number of hydrogen-bond acceptors (Lipinski definition) is 5. The summed E-state index contributed by atoms with van der Waals surface area (Å²) in [5.74, 6) is -1.75. The molecule has 0 aliphatic heterocycles. The molecule has 0 saturated carbocycles. The van der Waals surface area contributed by atoms with Crippen molar-refractivity contribution in [2.24, 2.45) is 5.92 Å². The summed E-state index contributed by atoms with van der Waals surface area (Å²) in [6.07, 6.45) is -1.46. The zero-order valence-electron chi connectivity index (χ0n) is 15.7. The minimum Gasteiger partial charge on any atom is -0.417 e. The minimum atomic E-state index is -4.81. The summed E-state index contributed by atoms with van der Waals surface area (Å²) in [5, 5.41) is -0.598. The zero-order chi connectivity index (χ0) is 21.4. The van der Waals surface area contributed by atoms with E-state index < -0.39 is 32.6 Å². The van der Waals surface area contributed by atoms with Crippen LogP contribution in [0.15, 0.2) is 61.5 Å². The van der Waals surface area contributed by atoms with E-state index in [1.807, 2.05) is 0 Å². The maximum Gasteiger partial charge on any atom is 0.449 e. The fraction of sp³-hybridized carbons (Fsp3) is 0.350. The van der Waals surface area contributed by atoms with Crippen LogP contribution in [0.5, 0.6) is 0 Å². The van der Waals surface area contributed by atoms with E-state index >= 15 is 0 Å². The second kappa shape index (κ2) is 8.02. The SMILES string of the molecule is CC1C=C(c2cc(C(F)(F)F)oc(=O)c2Sc2ccccc2)CCC1S(C)(=O)=O. The van der Waals surface area contributed by atoms with Gasteiger partial charge in [0.15, 0.2) is 9.84 Å². The Morgan fingerprint density at radius 2 is 1.83 bits per heavy atom. The topological polar surface area (TPSA) is 64.3 Å². The van der Waals surface area contributed by atoms with Crippen molar-refractivity contribution < 1.29 is 26.0 Å². The molecule has 29 heavy (non-hydrogen) atoms. The lowest BCUT2D eigenvalue weighted by molar-refractivity contribution is -0.154. The fourth-order valence-electron chi connectivity index (χ4n) is 3.46. The molecule has 2 unspecified atom stereocenters. The Morgan fingerprint density at radius 3 is 2.38 bits per heavy atom. The molecule has 1 aliphatic rings. The van der Waals surface area contributed by atoms with Crippen LogP contribution in [0.25, 0.3) is 5.57 Å². The second-order valence-corrected chi connectivity index (χ2v) is 10.4. The third-order valence-corrected chi connectivity index (χ3v) is 7.66. The molecule has 1 aromatic heterocycles. The molecule has 0 amide bonds. The lowest BCUT2D eigenvalue weighted by Crippen LogP contribution is -2.29. The highest BCUT2D eigenvalue weighted by atomic mass is 32.2. The second-order valence-electron chi connectivity index (χ2n) is 7.01. The van der Waals surface area contributed by atoms with Gasteiger partial charge in [0.05, 0.1) is 5.25 Å². The Morgan fingerprint density at radius 1 is 1.17 bits per heavy atom. The largest absolute Gasteiger partial charge is 0.449 e. The van der Waals surface area contributed by atoms with Gasteiger partial charge in [-0.25, -0.2) is 13.2 Å². The monoisotopic (exact) mass is 444 g/mol. The number of hydrogen-bond donors (Lipinski definition) is 0. The standard InChI is InChI=1S/C20H19F3O4S2/c1-12-10-13(8-9-16(12)29(2,25)26)15-11-17(20(21,22)23)27-19(24)18(15)28-14-6-4-3-5-7-14/h3-7,10-12,16H,8-9H2,1-2H3. The predicted molar refractivity (Wildman–Crippen MR) is 106 cm³/mol. The first kappa shape index (κ1) is 21.7. The van der Waals surface area contributed by atoms with Crippen LogP contribution in [-0.2, 0) is 16.0 Å². The summed E-state index contributed by atoms with van der Waals surface area (Å²) in [5.41, 5.74) is -0.405. The van der Waals surface area contributed by atoms with E-state index in [9.17, 15) is 26.4 Å². The summed E-state index contributed by atoms with van der Waals surface area (Å²) < 4.78 is 68.1. The third kappa shape index (κ3) is 4.95. The Bertz CT molecular complexity index is 1090. The lowest BCUT2D eigenvalue weighted by Gasteiger charge is -2.27. The molecule has 1 heterocycles. The summed E-state index contributed by atoms with van der Waals surface area (Å²) in [4.78, 5) is 13.2. The summed E-state index contributed by atoms with van der Waals surface area (Å²) in [7, 11) is -3.29. The van der Waals surface area contributed by atoms with Crippen molar-refractivity contribution in [2.45, 2.75) is 41.0 Å². The van der Waals surface area contributed by atoms with Gasteiger partial charge in [-0.2, -0.15) is 13.2 Å². The molecule has 2 aromatic rings. The van der Waals surface area contributed by atoms with Crippen LogP contribution in [0, 0.1) is 5.92 Å². The van der Waals surface area contributed by atoms with E-state index in [0.717, 1.165) is 24.1 Å². The highest BCUT2D eigenvalue weighted by molar-refractivity contribution is 7.99. The van der Waals surface area contributed by atoms with Crippen LogP contribution < -0.4 is 5.63 Å². The molecule has 4 nitrogen and oxygen atoms in total. The van der Waals surface area contributed by atoms with E-state index in [0.29, 0.717) is 10.5 Å². The van der Waals surface area contributed by atoms with E-state index in [1.165, 1.54) is 0 Å². The summed E-state index contributed by atoms with van der Waals surface area (Å²) in [6, 6.07) is 9.62. The number of alkyl halides is 3. The fourth-order valence-corrected chi connectivity index (χ4v) is 5.82. The molecule has 1 aliphatic carbocycles. The highest BCUT2D eigenvalue weighted by Gasteiger charge is 2.37. The zero-order valence-corrected chi connectivity index (χ0v) is 17.3. The molecule has 0 radical (unpaired) electrons. The first-order chi connectivity index (χ1) is 13.5.